The number of carbonyl (C=O) groups excluding carboxylic acids is 2. The van der Waals surface area contributed by atoms with E-state index >= 15 is 0 Å². The molecule has 0 fully saturated rings. The molecule has 190 valence electrons. The summed E-state index contributed by atoms with van der Waals surface area (Å²) in [6.45, 7) is 11.4. The number of methoxy groups -OCH3 is 1. The zero-order valence-electron chi connectivity index (χ0n) is 21.0. The number of nitriles is 1. The van der Waals surface area contributed by atoms with Crippen LogP contribution in [0.5, 0.6) is 5.75 Å². The van der Waals surface area contributed by atoms with Crippen LogP contribution in [0, 0.1) is 22.7 Å². The van der Waals surface area contributed by atoms with Crippen molar-refractivity contribution >= 4 is 23.6 Å². The van der Waals surface area contributed by atoms with Crippen LogP contribution in [0.1, 0.15) is 39.3 Å². The van der Waals surface area contributed by atoms with Gasteiger partial charge in [-0.25, -0.2) is 4.79 Å². The van der Waals surface area contributed by atoms with E-state index in [1.807, 2.05) is 26.8 Å². The molecule has 0 saturated carbocycles. The van der Waals surface area contributed by atoms with Crippen LogP contribution < -0.4 is 15.6 Å². The van der Waals surface area contributed by atoms with E-state index in [9.17, 15) is 19.6 Å². The van der Waals surface area contributed by atoms with E-state index in [-0.39, 0.29) is 17.8 Å². The molecule has 2 amide bonds. The number of amides is 2. The van der Waals surface area contributed by atoms with Crippen molar-refractivity contribution in [2.24, 2.45) is 11.3 Å². The highest BCUT2D eigenvalue weighted by molar-refractivity contribution is 6.31. The average Bonchev–Trinajstić information content (AvgIpc) is 2.81. The number of alkyl carbamates (subject to hydrolysis) is 1. The highest BCUT2D eigenvalue weighted by Crippen LogP contribution is 2.34. The number of imide groups is 1. The number of hydrogen-bond acceptors (Lipinski definition) is 6. The van der Waals surface area contributed by atoms with E-state index in [0.717, 1.165) is 4.57 Å². The molecule has 0 spiro atoms. The van der Waals surface area contributed by atoms with E-state index in [1.165, 1.54) is 25.4 Å². The maximum absolute atomic E-state index is 13.2. The number of ether oxygens (including phenoxy) is 2. The van der Waals surface area contributed by atoms with Crippen molar-refractivity contribution in [3.8, 4) is 22.9 Å². The minimum absolute atomic E-state index is 0.0125. The van der Waals surface area contributed by atoms with Gasteiger partial charge in [-0.15, -0.1) is 6.58 Å². The average molecular weight is 512 g/mol. The topological polar surface area (TPSA) is 110 Å². The second-order valence-electron chi connectivity index (χ2n) is 9.20. The second kappa shape index (κ2) is 12.2. The molecule has 0 radical (unpaired) electrons. The predicted molar refractivity (Wildman–Crippen MR) is 139 cm³/mol. The summed E-state index contributed by atoms with van der Waals surface area (Å²) in [5.41, 5.74) is 0.423. The molecule has 2 unspecified atom stereocenters. The lowest BCUT2D eigenvalue weighted by molar-refractivity contribution is -0.124. The fourth-order valence-corrected chi connectivity index (χ4v) is 3.61. The Morgan fingerprint density at radius 2 is 1.97 bits per heavy atom. The normalized spacial score (nSPS) is 12.9. The summed E-state index contributed by atoms with van der Waals surface area (Å²) in [5.74, 6) is -1.05. The molecule has 0 aliphatic heterocycles. The van der Waals surface area contributed by atoms with Crippen LogP contribution in [-0.2, 0) is 9.53 Å². The number of nitrogens with one attached hydrogen (secondary N) is 1. The van der Waals surface area contributed by atoms with Crippen LogP contribution in [0.25, 0.3) is 11.1 Å². The van der Waals surface area contributed by atoms with Crippen LogP contribution in [0.2, 0.25) is 5.02 Å². The van der Waals surface area contributed by atoms with Gasteiger partial charge in [0.25, 0.3) is 11.5 Å². The predicted octanol–water partition coefficient (Wildman–Crippen LogP) is 5.27. The Morgan fingerprint density at radius 1 is 1.28 bits per heavy atom. The molecule has 0 aliphatic carbocycles. The number of allylic oxidation sites excluding steroid dienone is 2. The van der Waals surface area contributed by atoms with Gasteiger partial charge in [-0.2, -0.15) is 5.26 Å². The number of carbonyl (C=O) groups is 2. The lowest BCUT2D eigenvalue weighted by atomic mass is 9.96. The molecular formula is C27H30ClN3O5. The SMILES string of the molecule is C=CC(C)C(C(=O)NC(=O)OCC=CC(C)(C)C)n1cc(OC)c(-c2cc(Cl)ccc2C#N)cc1=O. The summed E-state index contributed by atoms with van der Waals surface area (Å²) in [6, 6.07) is 6.88. The fourth-order valence-electron chi connectivity index (χ4n) is 3.44. The number of pyridine rings is 1. The van der Waals surface area contributed by atoms with Crippen LogP contribution in [-0.4, -0.2) is 30.3 Å². The van der Waals surface area contributed by atoms with Crippen molar-refractivity contribution in [1.29, 1.82) is 5.26 Å². The number of benzene rings is 1. The number of nitrogens with zero attached hydrogens (tertiary/aromatic N) is 2. The Bertz CT molecular complexity index is 1270. The standard InChI is InChI=1S/C27H30ClN3O5/c1-7-17(2)24(25(33)30-26(34)36-12-8-11-27(3,4)5)31-16-22(35-6)21(14-23(31)32)20-13-19(28)10-9-18(20)15-29/h7-11,13-14,16-17,24H,1,12H2,2-6H3,(H,30,33,34). The highest BCUT2D eigenvalue weighted by Gasteiger charge is 2.29. The molecule has 0 bridgehead atoms. The fraction of sp³-hybridized carbons (Fsp3) is 0.333. The summed E-state index contributed by atoms with van der Waals surface area (Å²) < 4.78 is 11.7. The maximum atomic E-state index is 13.2. The number of aromatic nitrogens is 1. The highest BCUT2D eigenvalue weighted by atomic mass is 35.5. The minimum Gasteiger partial charge on any atom is -0.495 e. The summed E-state index contributed by atoms with van der Waals surface area (Å²) in [4.78, 5) is 38.4. The third kappa shape index (κ3) is 7.33. The molecule has 2 atom stereocenters. The van der Waals surface area contributed by atoms with Gasteiger partial charge >= 0.3 is 6.09 Å². The molecule has 0 aliphatic rings. The van der Waals surface area contributed by atoms with Gasteiger partial charge in [-0.05, 0) is 23.6 Å². The third-order valence-electron chi connectivity index (χ3n) is 5.25. The molecule has 0 saturated heterocycles. The van der Waals surface area contributed by atoms with Gasteiger partial charge in [-0.3, -0.25) is 19.5 Å². The van der Waals surface area contributed by atoms with E-state index in [4.69, 9.17) is 21.1 Å². The summed E-state index contributed by atoms with van der Waals surface area (Å²) in [6.07, 6.45) is 5.50. The quantitative estimate of drug-likeness (QED) is 0.483. The molecule has 36 heavy (non-hydrogen) atoms. The van der Waals surface area contributed by atoms with Crippen LogP contribution in [0.4, 0.5) is 4.79 Å². The Balaban J connectivity index is 2.42. The zero-order valence-corrected chi connectivity index (χ0v) is 21.8. The first-order chi connectivity index (χ1) is 16.9. The lowest BCUT2D eigenvalue weighted by Crippen LogP contribution is -2.42. The zero-order chi connectivity index (χ0) is 27.0. The van der Waals surface area contributed by atoms with E-state index < -0.39 is 29.5 Å². The van der Waals surface area contributed by atoms with Gasteiger partial charge in [0.15, 0.2) is 0 Å². The Kier molecular flexibility index (Phi) is 9.65. The Labute approximate surface area is 215 Å². The lowest BCUT2D eigenvalue weighted by Gasteiger charge is -2.24. The smallest absolute Gasteiger partial charge is 0.414 e. The van der Waals surface area contributed by atoms with E-state index in [2.05, 4.69) is 18.0 Å². The van der Waals surface area contributed by atoms with E-state index in [1.54, 1.807) is 31.2 Å². The van der Waals surface area contributed by atoms with Gasteiger partial charge in [0.05, 0.1) is 24.9 Å². The molecular weight excluding hydrogens is 482 g/mol. The van der Waals surface area contributed by atoms with E-state index in [0.29, 0.717) is 21.7 Å². The second-order valence-corrected chi connectivity index (χ2v) is 9.63. The number of hydrogen-bond donors (Lipinski definition) is 1. The van der Waals surface area contributed by atoms with Gasteiger partial charge in [0.1, 0.15) is 18.4 Å². The molecule has 1 heterocycles. The van der Waals surface area contributed by atoms with Gasteiger partial charge in [0, 0.05) is 28.1 Å². The van der Waals surface area contributed by atoms with Gasteiger partial charge in [-0.1, -0.05) is 57.5 Å². The summed E-state index contributed by atoms with van der Waals surface area (Å²) in [7, 11) is 1.40. The first-order valence-corrected chi connectivity index (χ1v) is 11.6. The van der Waals surface area contributed by atoms with Gasteiger partial charge < -0.3 is 9.47 Å². The van der Waals surface area contributed by atoms with Crippen LogP contribution in [0.3, 0.4) is 0 Å². The molecule has 2 aromatic rings. The first-order valence-electron chi connectivity index (χ1n) is 11.2. The summed E-state index contributed by atoms with van der Waals surface area (Å²) >= 11 is 6.11. The van der Waals surface area contributed by atoms with Crippen molar-refractivity contribution in [1.82, 2.24) is 9.88 Å². The molecule has 9 heteroatoms. The van der Waals surface area contributed by atoms with Crippen molar-refractivity contribution < 1.29 is 19.1 Å². The van der Waals surface area contributed by atoms with Crippen molar-refractivity contribution in [2.75, 3.05) is 13.7 Å². The monoisotopic (exact) mass is 511 g/mol. The first kappa shape index (κ1) is 28.4. The Hall–Kier alpha value is -3.83. The van der Waals surface area contributed by atoms with Crippen molar-refractivity contribution in [3.05, 3.63) is 76.2 Å². The largest absolute Gasteiger partial charge is 0.495 e. The minimum atomic E-state index is -1.12. The molecule has 2 rings (SSSR count). The number of halogens is 1. The third-order valence-corrected chi connectivity index (χ3v) is 5.48. The van der Waals surface area contributed by atoms with Crippen molar-refractivity contribution in [3.63, 3.8) is 0 Å². The number of rotatable bonds is 8. The van der Waals surface area contributed by atoms with Gasteiger partial charge in [0.2, 0.25) is 0 Å². The molecule has 1 aromatic heterocycles. The van der Waals surface area contributed by atoms with Crippen LogP contribution >= 0.6 is 11.6 Å². The summed E-state index contributed by atoms with van der Waals surface area (Å²) in [5, 5.41) is 12.1. The maximum Gasteiger partial charge on any atom is 0.414 e. The van der Waals surface area contributed by atoms with Crippen molar-refractivity contribution in [2.45, 2.75) is 33.7 Å². The Morgan fingerprint density at radius 3 is 2.56 bits per heavy atom. The molecule has 1 aromatic carbocycles. The molecule has 8 nitrogen and oxygen atoms in total. The molecule has 1 N–H and O–H groups in total. The van der Waals surface area contributed by atoms with Crippen LogP contribution in [0.15, 0.2) is 60.1 Å².